The molecular formula is C13H8FO. The highest BCUT2D eigenvalue weighted by Crippen LogP contribution is 2.12. The monoisotopic (exact) mass is 199 g/mol. The summed E-state index contributed by atoms with van der Waals surface area (Å²) in [5.74, 6) is -0.809. The second-order valence-corrected chi connectivity index (χ2v) is 3.10. The second kappa shape index (κ2) is 4.05. The molecule has 2 heteroatoms. The summed E-state index contributed by atoms with van der Waals surface area (Å²) < 4.78 is 13.3. The van der Waals surface area contributed by atoms with E-state index in [1.165, 1.54) is 12.1 Å². The topological polar surface area (TPSA) is 17.1 Å². The van der Waals surface area contributed by atoms with Crippen molar-refractivity contribution in [2.45, 2.75) is 0 Å². The van der Waals surface area contributed by atoms with Crippen LogP contribution in [0.15, 0.2) is 48.5 Å². The molecule has 0 saturated carbocycles. The molecule has 1 radical (unpaired) electrons. The van der Waals surface area contributed by atoms with Gasteiger partial charge in [0, 0.05) is 5.56 Å². The molecule has 0 heterocycles. The van der Waals surface area contributed by atoms with Crippen molar-refractivity contribution in [1.29, 1.82) is 0 Å². The van der Waals surface area contributed by atoms with Crippen LogP contribution in [-0.4, -0.2) is 5.78 Å². The summed E-state index contributed by atoms with van der Waals surface area (Å²) in [4.78, 5) is 11.8. The summed E-state index contributed by atoms with van der Waals surface area (Å²) in [7, 11) is 0. The summed E-state index contributed by atoms with van der Waals surface area (Å²) in [6.45, 7) is 0. The Morgan fingerprint density at radius 3 is 2.60 bits per heavy atom. The van der Waals surface area contributed by atoms with Crippen LogP contribution in [0.1, 0.15) is 15.9 Å². The van der Waals surface area contributed by atoms with Gasteiger partial charge in [0.25, 0.3) is 0 Å². The number of halogens is 1. The number of benzene rings is 2. The van der Waals surface area contributed by atoms with Gasteiger partial charge in [0.2, 0.25) is 0 Å². The van der Waals surface area contributed by atoms with Crippen LogP contribution in [0, 0.1) is 11.9 Å². The van der Waals surface area contributed by atoms with Crippen molar-refractivity contribution in [3.8, 4) is 0 Å². The number of carbonyl (C=O) groups excluding carboxylic acids is 1. The van der Waals surface area contributed by atoms with E-state index in [2.05, 4.69) is 6.07 Å². The Morgan fingerprint density at radius 2 is 1.93 bits per heavy atom. The van der Waals surface area contributed by atoms with Crippen LogP contribution in [0.3, 0.4) is 0 Å². The molecule has 2 rings (SSSR count). The Hall–Kier alpha value is -1.96. The lowest BCUT2D eigenvalue weighted by atomic mass is 10.0. The molecule has 0 bridgehead atoms. The standard InChI is InChI=1S/C13H8FO/c14-12-9-5-4-8-11(12)13(15)10-6-2-1-3-7-10/h1-2,4-9H. The first-order valence-corrected chi connectivity index (χ1v) is 4.54. The molecule has 0 aliphatic rings. The van der Waals surface area contributed by atoms with Crippen LogP contribution in [0.2, 0.25) is 0 Å². The van der Waals surface area contributed by atoms with Crippen LogP contribution in [0.4, 0.5) is 4.39 Å². The normalized spacial score (nSPS) is 9.93. The Bertz CT molecular complexity index is 477. The van der Waals surface area contributed by atoms with Gasteiger partial charge in [0.1, 0.15) is 5.82 Å². The molecule has 2 aromatic carbocycles. The van der Waals surface area contributed by atoms with Crippen LogP contribution in [0.25, 0.3) is 0 Å². The van der Waals surface area contributed by atoms with E-state index < -0.39 is 5.82 Å². The molecule has 1 nitrogen and oxygen atoms in total. The van der Waals surface area contributed by atoms with E-state index in [4.69, 9.17) is 0 Å². The SMILES string of the molecule is O=C(c1c[c]ccc1)c1ccccc1F. The second-order valence-electron chi connectivity index (χ2n) is 3.10. The largest absolute Gasteiger partial charge is 0.288 e. The molecular weight excluding hydrogens is 191 g/mol. The minimum absolute atomic E-state index is 0.0945. The van der Waals surface area contributed by atoms with Crippen LogP contribution in [-0.2, 0) is 0 Å². The van der Waals surface area contributed by atoms with Crippen molar-refractivity contribution in [2.75, 3.05) is 0 Å². The van der Waals surface area contributed by atoms with Crippen LogP contribution in [0.5, 0.6) is 0 Å². The van der Waals surface area contributed by atoms with Gasteiger partial charge in [0.15, 0.2) is 5.78 Å². The van der Waals surface area contributed by atoms with Crippen molar-refractivity contribution in [1.82, 2.24) is 0 Å². The highest BCUT2D eigenvalue weighted by atomic mass is 19.1. The maximum absolute atomic E-state index is 13.3. The maximum Gasteiger partial charge on any atom is 0.195 e. The van der Waals surface area contributed by atoms with Gasteiger partial charge in [-0.05, 0) is 24.3 Å². The summed E-state index contributed by atoms with van der Waals surface area (Å²) in [5.41, 5.74) is 0.541. The van der Waals surface area contributed by atoms with Gasteiger partial charge < -0.3 is 0 Å². The molecule has 0 amide bonds. The first kappa shape index (κ1) is 9.59. The van der Waals surface area contributed by atoms with E-state index in [1.54, 1.807) is 36.4 Å². The highest BCUT2D eigenvalue weighted by molar-refractivity contribution is 6.09. The van der Waals surface area contributed by atoms with E-state index in [0.29, 0.717) is 5.56 Å². The fourth-order valence-electron chi connectivity index (χ4n) is 1.34. The highest BCUT2D eigenvalue weighted by Gasteiger charge is 2.12. The fraction of sp³-hybridized carbons (Fsp3) is 0. The minimum atomic E-state index is -0.494. The van der Waals surface area contributed by atoms with Gasteiger partial charge in [-0.3, -0.25) is 4.79 Å². The van der Waals surface area contributed by atoms with Crippen molar-refractivity contribution in [2.24, 2.45) is 0 Å². The molecule has 0 atom stereocenters. The third kappa shape index (κ3) is 1.94. The van der Waals surface area contributed by atoms with Crippen molar-refractivity contribution in [3.05, 3.63) is 71.5 Å². The molecule has 73 valence electrons. The smallest absolute Gasteiger partial charge is 0.195 e. The number of ketones is 1. The molecule has 0 saturated heterocycles. The van der Waals surface area contributed by atoms with Crippen LogP contribution < -0.4 is 0 Å². The molecule has 0 spiro atoms. The number of hydrogen-bond donors (Lipinski definition) is 0. The Kier molecular flexibility index (Phi) is 2.59. The predicted octanol–water partition coefficient (Wildman–Crippen LogP) is 2.86. The lowest BCUT2D eigenvalue weighted by molar-refractivity contribution is 0.103. The van der Waals surface area contributed by atoms with Crippen molar-refractivity contribution < 1.29 is 9.18 Å². The van der Waals surface area contributed by atoms with Crippen molar-refractivity contribution >= 4 is 5.78 Å². The van der Waals surface area contributed by atoms with Gasteiger partial charge in [-0.15, -0.1) is 0 Å². The third-order valence-electron chi connectivity index (χ3n) is 2.09. The quantitative estimate of drug-likeness (QED) is 0.680. The van der Waals surface area contributed by atoms with E-state index in [-0.39, 0.29) is 11.3 Å². The van der Waals surface area contributed by atoms with Gasteiger partial charge in [0.05, 0.1) is 5.56 Å². The van der Waals surface area contributed by atoms with Gasteiger partial charge >= 0.3 is 0 Å². The summed E-state index contributed by atoms with van der Waals surface area (Å²) >= 11 is 0. The third-order valence-corrected chi connectivity index (χ3v) is 2.09. The predicted molar refractivity (Wildman–Crippen MR) is 55.1 cm³/mol. The van der Waals surface area contributed by atoms with E-state index in [9.17, 15) is 9.18 Å². The maximum atomic E-state index is 13.3. The molecule has 0 aliphatic carbocycles. The summed E-state index contributed by atoms with van der Waals surface area (Å²) in [6, 6.07) is 15.3. The molecule has 0 unspecified atom stereocenters. The number of rotatable bonds is 2. The van der Waals surface area contributed by atoms with Crippen LogP contribution >= 0.6 is 0 Å². The lowest BCUT2D eigenvalue weighted by Crippen LogP contribution is -2.03. The number of carbonyl (C=O) groups is 1. The summed E-state index contributed by atoms with van der Waals surface area (Å²) in [6.07, 6.45) is 0. The first-order valence-electron chi connectivity index (χ1n) is 4.54. The lowest BCUT2D eigenvalue weighted by Gasteiger charge is -2.01. The Labute approximate surface area is 87.2 Å². The molecule has 2 aromatic rings. The van der Waals surface area contributed by atoms with Gasteiger partial charge in [-0.1, -0.05) is 30.3 Å². The molecule has 15 heavy (non-hydrogen) atoms. The van der Waals surface area contributed by atoms with Crippen molar-refractivity contribution in [3.63, 3.8) is 0 Å². The summed E-state index contributed by atoms with van der Waals surface area (Å²) in [5, 5.41) is 0. The molecule has 0 N–H and O–H groups in total. The zero-order valence-electron chi connectivity index (χ0n) is 7.91. The van der Waals surface area contributed by atoms with E-state index in [0.717, 1.165) is 0 Å². The molecule has 0 aromatic heterocycles. The van der Waals surface area contributed by atoms with E-state index >= 15 is 0 Å². The minimum Gasteiger partial charge on any atom is -0.288 e. The van der Waals surface area contributed by atoms with Gasteiger partial charge in [-0.2, -0.15) is 0 Å². The van der Waals surface area contributed by atoms with Gasteiger partial charge in [-0.25, -0.2) is 4.39 Å². The molecule has 0 fully saturated rings. The fourth-order valence-corrected chi connectivity index (χ4v) is 1.34. The number of hydrogen-bond acceptors (Lipinski definition) is 1. The Balaban J connectivity index is 2.42. The van der Waals surface area contributed by atoms with E-state index in [1.807, 2.05) is 0 Å². The zero-order chi connectivity index (χ0) is 10.7. The Morgan fingerprint density at radius 1 is 1.13 bits per heavy atom. The first-order chi connectivity index (χ1) is 7.29. The zero-order valence-corrected chi connectivity index (χ0v) is 7.91. The average molecular weight is 199 g/mol. The molecule has 0 aliphatic heterocycles. The average Bonchev–Trinajstić information content (AvgIpc) is 2.30.